The monoisotopic (exact) mass is 279 g/mol. The van der Waals surface area contributed by atoms with Gasteiger partial charge in [0.2, 0.25) is 5.91 Å². The zero-order chi connectivity index (χ0) is 14.9. The largest absolute Gasteiger partial charge is 0.504 e. The number of nitrogens with zero attached hydrogens (tertiary/aromatic N) is 2. The summed E-state index contributed by atoms with van der Waals surface area (Å²) in [7, 11) is 0. The molecule has 0 aliphatic carbocycles. The smallest absolute Gasteiger partial charge is 0.344 e. The number of nitrogens with one attached hydrogen (secondary N) is 1. The summed E-state index contributed by atoms with van der Waals surface area (Å²) in [5, 5.41) is 16.4. The lowest BCUT2D eigenvalue weighted by Crippen LogP contribution is -2.24. The number of halogens is 1. The molecule has 1 aromatic carbocycles. The van der Waals surface area contributed by atoms with Gasteiger partial charge < -0.3 is 5.11 Å². The van der Waals surface area contributed by atoms with E-state index in [1.165, 1.54) is 6.07 Å². The minimum Gasteiger partial charge on any atom is -0.504 e. The molecule has 3 amide bonds. The third-order valence-electron chi connectivity index (χ3n) is 2.89. The molecule has 1 aromatic rings. The molecule has 7 heteroatoms. The summed E-state index contributed by atoms with van der Waals surface area (Å²) in [6.45, 7) is 3.58. The molecule has 2 N–H and O–H groups in total. The van der Waals surface area contributed by atoms with E-state index in [1.54, 1.807) is 6.07 Å². The van der Waals surface area contributed by atoms with Crippen LogP contribution in [0.1, 0.15) is 30.9 Å². The molecule has 0 unspecified atom stereocenters. The molecule has 2 rings (SSSR count). The summed E-state index contributed by atoms with van der Waals surface area (Å²) in [5.41, 5.74) is 0.851. The van der Waals surface area contributed by atoms with Crippen molar-refractivity contribution in [3.8, 4) is 5.75 Å². The van der Waals surface area contributed by atoms with Crippen LogP contribution in [0.2, 0.25) is 0 Å². The number of phenols is 1. The summed E-state index contributed by atoms with van der Waals surface area (Å²) in [6.07, 6.45) is 1.16. The fraction of sp³-hybridized carbons (Fsp3) is 0.308. The SMILES string of the molecule is CC(C)c1cc(F)c(O)c(/C=N/N2CC(=O)NC2=O)c1. The van der Waals surface area contributed by atoms with E-state index in [0.717, 1.165) is 11.2 Å². The second-order valence-electron chi connectivity index (χ2n) is 4.75. The van der Waals surface area contributed by atoms with E-state index in [2.05, 4.69) is 10.4 Å². The summed E-state index contributed by atoms with van der Waals surface area (Å²) in [4.78, 5) is 22.3. The van der Waals surface area contributed by atoms with E-state index in [-0.39, 0.29) is 18.0 Å². The van der Waals surface area contributed by atoms with Gasteiger partial charge in [-0.2, -0.15) is 5.10 Å². The van der Waals surface area contributed by atoms with Gasteiger partial charge in [0.15, 0.2) is 11.6 Å². The maximum absolute atomic E-state index is 13.6. The van der Waals surface area contributed by atoms with Crippen LogP contribution in [0.4, 0.5) is 9.18 Å². The van der Waals surface area contributed by atoms with E-state index in [1.807, 2.05) is 13.8 Å². The van der Waals surface area contributed by atoms with Crippen molar-refractivity contribution in [2.75, 3.05) is 6.54 Å². The number of hydrogen-bond donors (Lipinski definition) is 2. The van der Waals surface area contributed by atoms with Gasteiger partial charge in [0.25, 0.3) is 0 Å². The molecule has 0 atom stereocenters. The minimum atomic E-state index is -0.750. The van der Waals surface area contributed by atoms with E-state index in [4.69, 9.17) is 0 Å². The molecule has 0 saturated carbocycles. The Hall–Kier alpha value is -2.44. The average molecular weight is 279 g/mol. The fourth-order valence-corrected chi connectivity index (χ4v) is 1.73. The number of benzene rings is 1. The highest BCUT2D eigenvalue weighted by Crippen LogP contribution is 2.25. The number of rotatable bonds is 3. The van der Waals surface area contributed by atoms with Crippen molar-refractivity contribution >= 4 is 18.2 Å². The Morgan fingerprint density at radius 2 is 2.15 bits per heavy atom. The summed E-state index contributed by atoms with van der Waals surface area (Å²) >= 11 is 0. The second kappa shape index (κ2) is 5.28. The van der Waals surface area contributed by atoms with Crippen LogP contribution in [0, 0.1) is 5.82 Å². The first kappa shape index (κ1) is 14.0. The Bertz CT molecular complexity index is 599. The van der Waals surface area contributed by atoms with E-state index in [9.17, 15) is 19.1 Å². The molecule has 106 valence electrons. The van der Waals surface area contributed by atoms with Crippen LogP contribution < -0.4 is 5.32 Å². The molecule has 0 bridgehead atoms. The number of aromatic hydroxyl groups is 1. The zero-order valence-corrected chi connectivity index (χ0v) is 11.1. The molecule has 0 radical (unpaired) electrons. The minimum absolute atomic E-state index is 0.0777. The van der Waals surface area contributed by atoms with Crippen molar-refractivity contribution in [1.29, 1.82) is 0 Å². The van der Waals surface area contributed by atoms with Crippen LogP contribution in [-0.2, 0) is 4.79 Å². The number of urea groups is 1. The van der Waals surface area contributed by atoms with Crippen LogP contribution in [0.3, 0.4) is 0 Å². The van der Waals surface area contributed by atoms with Crippen LogP contribution in [-0.4, -0.2) is 34.8 Å². The molecule has 6 nitrogen and oxygen atoms in total. The Kier molecular flexibility index (Phi) is 3.69. The lowest BCUT2D eigenvalue weighted by Gasteiger charge is -2.09. The number of phenolic OH excluding ortho intramolecular Hbond substituents is 1. The lowest BCUT2D eigenvalue weighted by molar-refractivity contribution is -0.118. The predicted molar refractivity (Wildman–Crippen MR) is 70.0 cm³/mol. The number of carbonyl (C=O) groups excluding carboxylic acids is 2. The average Bonchev–Trinajstić information content (AvgIpc) is 2.69. The first-order valence-electron chi connectivity index (χ1n) is 6.06. The highest BCUT2D eigenvalue weighted by atomic mass is 19.1. The summed E-state index contributed by atoms with van der Waals surface area (Å²) in [5.74, 6) is -1.67. The number of hydrogen-bond acceptors (Lipinski definition) is 4. The van der Waals surface area contributed by atoms with Gasteiger partial charge in [-0.15, -0.1) is 0 Å². The molecular formula is C13H14FN3O3. The Labute approximate surface area is 114 Å². The predicted octanol–water partition coefficient (Wildman–Crippen LogP) is 1.54. The molecule has 20 heavy (non-hydrogen) atoms. The van der Waals surface area contributed by atoms with Gasteiger partial charge in [-0.1, -0.05) is 13.8 Å². The lowest BCUT2D eigenvalue weighted by atomic mass is 10.0. The highest BCUT2D eigenvalue weighted by Gasteiger charge is 2.26. The number of imide groups is 1. The molecule has 0 spiro atoms. The van der Waals surface area contributed by atoms with Crippen molar-refractivity contribution in [2.45, 2.75) is 19.8 Å². The van der Waals surface area contributed by atoms with Crippen molar-refractivity contribution in [2.24, 2.45) is 5.10 Å². The summed E-state index contributed by atoms with van der Waals surface area (Å²) in [6, 6.07) is 2.19. The molecule has 1 aliphatic heterocycles. The van der Waals surface area contributed by atoms with Crippen LogP contribution >= 0.6 is 0 Å². The normalized spacial score (nSPS) is 15.5. The van der Waals surface area contributed by atoms with Gasteiger partial charge in [-0.05, 0) is 23.6 Å². The van der Waals surface area contributed by atoms with Crippen LogP contribution in [0.15, 0.2) is 17.2 Å². The van der Waals surface area contributed by atoms with Crippen LogP contribution in [0.25, 0.3) is 0 Å². The molecule has 0 aromatic heterocycles. The van der Waals surface area contributed by atoms with Gasteiger partial charge in [0, 0.05) is 5.56 Å². The van der Waals surface area contributed by atoms with E-state index < -0.39 is 23.5 Å². The van der Waals surface area contributed by atoms with Gasteiger partial charge in [-0.3, -0.25) is 10.1 Å². The molecular weight excluding hydrogens is 265 g/mol. The maximum Gasteiger partial charge on any atom is 0.344 e. The molecule has 1 heterocycles. The number of hydrazone groups is 1. The van der Waals surface area contributed by atoms with Gasteiger partial charge in [0.05, 0.1) is 6.21 Å². The number of carbonyl (C=O) groups is 2. The van der Waals surface area contributed by atoms with E-state index in [0.29, 0.717) is 5.56 Å². The van der Waals surface area contributed by atoms with Gasteiger partial charge in [0.1, 0.15) is 6.54 Å². The third-order valence-corrected chi connectivity index (χ3v) is 2.89. The molecule has 1 saturated heterocycles. The quantitative estimate of drug-likeness (QED) is 0.650. The first-order valence-corrected chi connectivity index (χ1v) is 6.06. The number of amides is 3. The Balaban J connectivity index is 2.29. The second-order valence-corrected chi connectivity index (χ2v) is 4.75. The highest BCUT2D eigenvalue weighted by molar-refractivity contribution is 6.02. The van der Waals surface area contributed by atoms with Gasteiger partial charge in [-0.25, -0.2) is 14.2 Å². The maximum atomic E-state index is 13.6. The Morgan fingerprint density at radius 1 is 1.45 bits per heavy atom. The standard InChI is InChI=1S/C13H14FN3O3/c1-7(2)8-3-9(12(19)10(14)4-8)5-15-17-6-11(18)16-13(17)20/h3-5,7,19H,6H2,1-2H3,(H,16,18,20)/b15-5+. The van der Waals surface area contributed by atoms with Crippen molar-refractivity contribution in [3.63, 3.8) is 0 Å². The molecule has 1 fully saturated rings. The third kappa shape index (κ3) is 2.76. The van der Waals surface area contributed by atoms with Crippen molar-refractivity contribution < 1.29 is 19.1 Å². The van der Waals surface area contributed by atoms with Crippen LogP contribution in [0.5, 0.6) is 5.75 Å². The summed E-state index contributed by atoms with van der Waals surface area (Å²) < 4.78 is 13.6. The van der Waals surface area contributed by atoms with E-state index >= 15 is 0 Å². The molecule has 1 aliphatic rings. The fourth-order valence-electron chi connectivity index (χ4n) is 1.73. The van der Waals surface area contributed by atoms with Crippen molar-refractivity contribution in [3.05, 3.63) is 29.1 Å². The first-order chi connectivity index (χ1) is 9.38. The Morgan fingerprint density at radius 3 is 2.70 bits per heavy atom. The van der Waals surface area contributed by atoms with Gasteiger partial charge >= 0.3 is 6.03 Å². The topological polar surface area (TPSA) is 82.0 Å². The van der Waals surface area contributed by atoms with Crippen molar-refractivity contribution in [1.82, 2.24) is 10.3 Å². The zero-order valence-electron chi connectivity index (χ0n) is 11.1.